The summed E-state index contributed by atoms with van der Waals surface area (Å²) in [6.45, 7) is 2.93. The number of hydrogen-bond donors (Lipinski definition) is 2. The van der Waals surface area contributed by atoms with Crippen LogP contribution in [-0.2, 0) is 0 Å². The summed E-state index contributed by atoms with van der Waals surface area (Å²) in [4.78, 5) is 2.47. The van der Waals surface area contributed by atoms with Gasteiger partial charge in [0.25, 0.3) is 0 Å². The Bertz CT molecular complexity index is 1170. The molecule has 3 heteroatoms. The van der Waals surface area contributed by atoms with Crippen molar-refractivity contribution >= 4 is 23.8 Å². The molecule has 2 aliphatic rings. The minimum Gasteiger partial charge on any atom is -0.504 e. The average molecular weight is 422 g/mol. The Kier molecular flexibility index (Phi) is 5.66. The van der Waals surface area contributed by atoms with Crippen LogP contribution < -0.4 is 0 Å². The molecule has 0 radical (unpaired) electrons. The number of phenolic OH excluding ortho intramolecular Hbond substituents is 2. The van der Waals surface area contributed by atoms with Crippen molar-refractivity contribution in [2.45, 2.75) is 12.8 Å². The second kappa shape index (κ2) is 8.89. The molecule has 0 bridgehead atoms. The van der Waals surface area contributed by atoms with Gasteiger partial charge in [-0.3, -0.25) is 4.90 Å². The minimum absolute atomic E-state index is 0.0835. The van der Waals surface area contributed by atoms with Crippen molar-refractivity contribution in [1.82, 2.24) is 4.90 Å². The molecule has 2 N–H and O–H groups in total. The van der Waals surface area contributed by atoms with Crippen LogP contribution in [0.3, 0.4) is 0 Å². The molecule has 3 aromatic rings. The summed E-state index contributed by atoms with van der Waals surface area (Å²) in [6, 6.07) is 22.3. The van der Waals surface area contributed by atoms with E-state index in [1.807, 2.05) is 6.08 Å². The highest BCUT2D eigenvalue weighted by Gasteiger charge is 2.22. The SMILES string of the molecule is Oc1ccc(/C=C/CN2CCC(=C3c4ccccc4C=Cc4ccccc43)CC2)cc1O. The molecule has 0 aromatic heterocycles. The first-order valence-electron chi connectivity index (χ1n) is 11.2. The van der Waals surface area contributed by atoms with Crippen molar-refractivity contribution in [2.24, 2.45) is 0 Å². The van der Waals surface area contributed by atoms with Gasteiger partial charge in [0.05, 0.1) is 0 Å². The molecule has 0 spiro atoms. The fourth-order valence-corrected chi connectivity index (χ4v) is 4.68. The van der Waals surface area contributed by atoms with Gasteiger partial charge in [0, 0.05) is 19.6 Å². The molecule has 1 aliphatic heterocycles. The van der Waals surface area contributed by atoms with Crippen LogP contribution >= 0.6 is 0 Å². The van der Waals surface area contributed by atoms with Crippen molar-refractivity contribution in [3.8, 4) is 11.5 Å². The summed E-state index contributed by atoms with van der Waals surface area (Å²) in [5.41, 5.74) is 9.09. The standard InChI is InChI=1S/C29H27NO2/c31-27-14-11-21(20-28(27)32)6-5-17-30-18-15-24(16-19-30)29-25-9-3-1-7-22(25)12-13-23-8-2-4-10-26(23)29/h1-14,20,31-32H,15-19H2/b6-5+. The first-order valence-corrected chi connectivity index (χ1v) is 11.2. The summed E-state index contributed by atoms with van der Waals surface area (Å²) in [5.74, 6) is -0.171. The predicted molar refractivity (Wildman–Crippen MR) is 132 cm³/mol. The maximum atomic E-state index is 9.66. The van der Waals surface area contributed by atoms with Crippen LogP contribution in [0, 0.1) is 0 Å². The number of piperidine rings is 1. The molecule has 160 valence electrons. The second-order valence-electron chi connectivity index (χ2n) is 8.44. The third kappa shape index (κ3) is 4.12. The van der Waals surface area contributed by atoms with Gasteiger partial charge < -0.3 is 10.2 Å². The van der Waals surface area contributed by atoms with Gasteiger partial charge in [0.2, 0.25) is 0 Å². The molecule has 0 saturated carbocycles. The monoisotopic (exact) mass is 421 g/mol. The first-order chi connectivity index (χ1) is 15.7. The van der Waals surface area contributed by atoms with Crippen LogP contribution in [0.2, 0.25) is 0 Å². The third-order valence-electron chi connectivity index (χ3n) is 6.39. The van der Waals surface area contributed by atoms with Gasteiger partial charge in [0.1, 0.15) is 0 Å². The van der Waals surface area contributed by atoms with E-state index in [9.17, 15) is 10.2 Å². The van der Waals surface area contributed by atoms with Gasteiger partial charge in [0.15, 0.2) is 11.5 Å². The van der Waals surface area contributed by atoms with Gasteiger partial charge in [-0.05, 0) is 58.4 Å². The fourth-order valence-electron chi connectivity index (χ4n) is 4.68. The average Bonchev–Trinajstić information content (AvgIpc) is 2.99. The van der Waals surface area contributed by atoms with E-state index in [1.54, 1.807) is 12.1 Å². The van der Waals surface area contributed by atoms with E-state index >= 15 is 0 Å². The maximum absolute atomic E-state index is 9.66. The van der Waals surface area contributed by atoms with E-state index in [2.05, 4.69) is 71.7 Å². The van der Waals surface area contributed by atoms with E-state index in [0.717, 1.165) is 38.0 Å². The van der Waals surface area contributed by atoms with Gasteiger partial charge in [-0.25, -0.2) is 0 Å². The van der Waals surface area contributed by atoms with Gasteiger partial charge in [-0.2, -0.15) is 0 Å². The second-order valence-corrected chi connectivity index (χ2v) is 8.44. The zero-order chi connectivity index (χ0) is 21.9. The Morgan fingerprint density at radius 2 is 1.38 bits per heavy atom. The Labute approximate surface area is 189 Å². The predicted octanol–water partition coefficient (Wildman–Crippen LogP) is 6.19. The van der Waals surface area contributed by atoms with E-state index in [-0.39, 0.29) is 11.5 Å². The van der Waals surface area contributed by atoms with Crippen LogP contribution in [0.4, 0.5) is 0 Å². The summed E-state index contributed by atoms with van der Waals surface area (Å²) in [6.07, 6.45) is 10.7. The fraction of sp³-hybridized carbons (Fsp3) is 0.172. The van der Waals surface area contributed by atoms with Crippen LogP contribution in [0.5, 0.6) is 11.5 Å². The summed E-state index contributed by atoms with van der Waals surface area (Å²) >= 11 is 0. The Morgan fingerprint density at radius 1 is 0.750 bits per heavy atom. The lowest BCUT2D eigenvalue weighted by Gasteiger charge is -2.29. The topological polar surface area (TPSA) is 43.7 Å². The van der Waals surface area contributed by atoms with Crippen molar-refractivity contribution < 1.29 is 10.2 Å². The first kappa shape index (κ1) is 20.3. The number of fused-ring (bicyclic) bond motifs is 2. The van der Waals surface area contributed by atoms with Crippen LogP contribution in [0.1, 0.15) is 40.7 Å². The molecule has 32 heavy (non-hydrogen) atoms. The van der Waals surface area contributed by atoms with Crippen LogP contribution in [-0.4, -0.2) is 34.7 Å². The molecule has 3 nitrogen and oxygen atoms in total. The lowest BCUT2D eigenvalue weighted by Crippen LogP contribution is -2.31. The highest BCUT2D eigenvalue weighted by molar-refractivity contribution is 5.94. The summed E-state index contributed by atoms with van der Waals surface area (Å²) < 4.78 is 0. The molecule has 1 saturated heterocycles. The number of rotatable bonds is 3. The normalized spacial score (nSPS) is 16.1. The highest BCUT2D eigenvalue weighted by atomic mass is 16.3. The van der Waals surface area contributed by atoms with Crippen molar-refractivity contribution in [3.63, 3.8) is 0 Å². The van der Waals surface area contributed by atoms with Crippen LogP contribution in [0.25, 0.3) is 23.8 Å². The lowest BCUT2D eigenvalue weighted by molar-refractivity contribution is 0.284. The molecule has 1 aliphatic carbocycles. The Hall–Kier alpha value is -3.56. The largest absolute Gasteiger partial charge is 0.504 e. The smallest absolute Gasteiger partial charge is 0.157 e. The zero-order valence-corrected chi connectivity index (χ0v) is 18.0. The minimum atomic E-state index is -0.0874. The van der Waals surface area contributed by atoms with Crippen LogP contribution in [0.15, 0.2) is 78.4 Å². The van der Waals surface area contributed by atoms with Crippen molar-refractivity contribution in [1.29, 1.82) is 0 Å². The van der Waals surface area contributed by atoms with Gasteiger partial charge >= 0.3 is 0 Å². The number of aromatic hydroxyl groups is 2. The molecule has 0 unspecified atom stereocenters. The van der Waals surface area contributed by atoms with Crippen molar-refractivity contribution in [2.75, 3.05) is 19.6 Å². The lowest BCUT2D eigenvalue weighted by atomic mass is 9.86. The van der Waals surface area contributed by atoms with Crippen molar-refractivity contribution in [3.05, 3.63) is 106 Å². The zero-order valence-electron chi connectivity index (χ0n) is 18.0. The van der Waals surface area contributed by atoms with E-state index in [1.165, 1.54) is 39.5 Å². The number of phenols is 2. The molecule has 0 atom stereocenters. The number of hydrogen-bond acceptors (Lipinski definition) is 3. The molecule has 1 heterocycles. The summed E-state index contributed by atoms with van der Waals surface area (Å²) in [5, 5.41) is 19.1. The third-order valence-corrected chi connectivity index (χ3v) is 6.39. The van der Waals surface area contributed by atoms with E-state index in [0.29, 0.717) is 0 Å². The number of likely N-dealkylation sites (tertiary alicyclic amines) is 1. The molecule has 0 amide bonds. The summed E-state index contributed by atoms with van der Waals surface area (Å²) in [7, 11) is 0. The maximum Gasteiger partial charge on any atom is 0.157 e. The van der Waals surface area contributed by atoms with Gasteiger partial charge in [-0.1, -0.05) is 84.5 Å². The quantitative estimate of drug-likeness (QED) is 0.388. The molecule has 5 rings (SSSR count). The molecule has 3 aromatic carbocycles. The number of nitrogens with zero attached hydrogens (tertiary/aromatic N) is 1. The molecular formula is C29H27NO2. The van der Waals surface area contributed by atoms with Gasteiger partial charge in [-0.15, -0.1) is 0 Å². The highest BCUT2D eigenvalue weighted by Crippen LogP contribution is 2.38. The number of benzene rings is 3. The molecular weight excluding hydrogens is 394 g/mol. The Morgan fingerprint density at radius 3 is 2.00 bits per heavy atom. The van der Waals surface area contributed by atoms with E-state index in [4.69, 9.17) is 0 Å². The Balaban J connectivity index is 1.35. The van der Waals surface area contributed by atoms with E-state index < -0.39 is 0 Å². The molecule has 1 fully saturated rings.